The van der Waals surface area contributed by atoms with Crippen molar-refractivity contribution in [2.75, 3.05) is 0 Å². The highest BCUT2D eigenvalue weighted by atomic mass is 16.5. The molecule has 1 aromatic rings. The van der Waals surface area contributed by atoms with E-state index in [-0.39, 0.29) is 17.5 Å². The van der Waals surface area contributed by atoms with Crippen LogP contribution in [0.15, 0.2) is 30.0 Å². The van der Waals surface area contributed by atoms with Crippen molar-refractivity contribution in [3.8, 4) is 0 Å². The molecule has 0 aliphatic rings. The molecule has 17 heavy (non-hydrogen) atoms. The van der Waals surface area contributed by atoms with E-state index >= 15 is 0 Å². The molecule has 0 saturated carbocycles. The predicted octanol–water partition coefficient (Wildman–Crippen LogP) is 2.01. The third-order valence-corrected chi connectivity index (χ3v) is 1.92. The molecule has 0 fully saturated rings. The van der Waals surface area contributed by atoms with Gasteiger partial charge in [-0.2, -0.15) is 0 Å². The normalized spacial score (nSPS) is 11.4. The quantitative estimate of drug-likeness (QED) is 0.345. The first-order valence-electron chi connectivity index (χ1n) is 5.35. The van der Waals surface area contributed by atoms with Crippen LogP contribution in [0.2, 0.25) is 0 Å². The van der Waals surface area contributed by atoms with E-state index in [1.54, 1.807) is 38.2 Å². The summed E-state index contributed by atoms with van der Waals surface area (Å²) in [4.78, 5) is 27.1. The van der Waals surface area contributed by atoms with Crippen LogP contribution in [0.4, 0.5) is 0 Å². The minimum Gasteiger partial charge on any atom is -0.459 e. The number of carbonyl (C=O) groups excluding carboxylic acids is 2. The molecule has 4 nitrogen and oxygen atoms in total. The van der Waals surface area contributed by atoms with Crippen molar-refractivity contribution < 1.29 is 14.3 Å². The minimum absolute atomic E-state index is 0.0115. The van der Waals surface area contributed by atoms with Crippen LogP contribution in [0.3, 0.4) is 0 Å². The van der Waals surface area contributed by atoms with Crippen LogP contribution < -0.4 is 0 Å². The Kier molecular flexibility index (Phi) is 4.57. The SMILES string of the molecule is CC(=O)C(=Cc1ccccn1)C(=O)OC(C)C. The lowest BCUT2D eigenvalue weighted by atomic mass is 10.1. The zero-order valence-corrected chi connectivity index (χ0v) is 10.1. The van der Waals surface area contributed by atoms with Crippen LogP contribution in [0.1, 0.15) is 26.5 Å². The lowest BCUT2D eigenvalue weighted by molar-refractivity contribution is -0.143. The van der Waals surface area contributed by atoms with Gasteiger partial charge in [-0.3, -0.25) is 9.78 Å². The van der Waals surface area contributed by atoms with Crippen LogP contribution in [-0.4, -0.2) is 22.8 Å². The largest absolute Gasteiger partial charge is 0.459 e. The Bertz CT molecular complexity index is 435. The van der Waals surface area contributed by atoms with Gasteiger partial charge in [0.2, 0.25) is 0 Å². The van der Waals surface area contributed by atoms with Crippen molar-refractivity contribution in [3.05, 3.63) is 35.7 Å². The first-order chi connectivity index (χ1) is 8.00. The second kappa shape index (κ2) is 5.94. The standard InChI is InChI=1S/C13H15NO3/c1-9(2)17-13(16)12(10(3)15)8-11-6-4-5-7-14-11/h4-9H,1-3H3. The summed E-state index contributed by atoms with van der Waals surface area (Å²) in [5.74, 6) is -0.945. The van der Waals surface area contributed by atoms with Gasteiger partial charge in [-0.1, -0.05) is 6.07 Å². The number of ether oxygens (including phenoxy) is 1. The Morgan fingerprint density at radius 1 is 1.35 bits per heavy atom. The lowest BCUT2D eigenvalue weighted by Gasteiger charge is -2.08. The number of carbonyl (C=O) groups is 2. The first-order valence-corrected chi connectivity index (χ1v) is 5.35. The van der Waals surface area contributed by atoms with E-state index < -0.39 is 5.97 Å². The molecule has 0 atom stereocenters. The van der Waals surface area contributed by atoms with Crippen molar-refractivity contribution in [1.29, 1.82) is 0 Å². The summed E-state index contributed by atoms with van der Waals surface area (Å²) >= 11 is 0. The molecular weight excluding hydrogens is 218 g/mol. The highest BCUT2D eigenvalue weighted by molar-refractivity contribution is 6.19. The Labute approximate surface area is 100 Å². The number of esters is 1. The van der Waals surface area contributed by atoms with Gasteiger partial charge in [-0.05, 0) is 39.0 Å². The Morgan fingerprint density at radius 3 is 2.53 bits per heavy atom. The van der Waals surface area contributed by atoms with Crippen LogP contribution in [0.25, 0.3) is 6.08 Å². The summed E-state index contributed by atoms with van der Waals surface area (Å²) in [6.45, 7) is 4.79. The molecule has 1 heterocycles. The highest BCUT2D eigenvalue weighted by Gasteiger charge is 2.17. The molecule has 90 valence electrons. The van der Waals surface area contributed by atoms with E-state index in [4.69, 9.17) is 4.74 Å². The van der Waals surface area contributed by atoms with Gasteiger partial charge >= 0.3 is 5.97 Å². The van der Waals surface area contributed by atoms with E-state index in [2.05, 4.69) is 4.98 Å². The third kappa shape index (κ3) is 4.18. The topological polar surface area (TPSA) is 56.3 Å². The summed E-state index contributed by atoms with van der Waals surface area (Å²) in [5, 5.41) is 0. The maximum atomic E-state index is 11.7. The van der Waals surface area contributed by atoms with E-state index in [1.165, 1.54) is 13.0 Å². The Hall–Kier alpha value is -1.97. The maximum Gasteiger partial charge on any atom is 0.342 e. The average Bonchev–Trinajstić information content (AvgIpc) is 2.25. The van der Waals surface area contributed by atoms with Crippen molar-refractivity contribution >= 4 is 17.8 Å². The Morgan fingerprint density at radius 2 is 2.06 bits per heavy atom. The van der Waals surface area contributed by atoms with Gasteiger partial charge < -0.3 is 4.74 Å². The molecular formula is C13H15NO3. The van der Waals surface area contributed by atoms with Crippen molar-refractivity contribution in [2.24, 2.45) is 0 Å². The molecule has 0 amide bonds. The highest BCUT2D eigenvalue weighted by Crippen LogP contribution is 2.08. The summed E-state index contributed by atoms with van der Waals surface area (Å²) in [6.07, 6.45) is 2.78. The molecule has 0 bridgehead atoms. The first kappa shape index (κ1) is 13.1. The average molecular weight is 233 g/mol. The van der Waals surface area contributed by atoms with E-state index in [1.807, 2.05) is 0 Å². The van der Waals surface area contributed by atoms with Gasteiger partial charge in [0.1, 0.15) is 5.57 Å². The van der Waals surface area contributed by atoms with Gasteiger partial charge in [0.25, 0.3) is 0 Å². The summed E-state index contributed by atoms with van der Waals surface area (Å²) in [7, 11) is 0. The minimum atomic E-state index is -0.613. The molecule has 4 heteroatoms. The van der Waals surface area contributed by atoms with Crippen LogP contribution >= 0.6 is 0 Å². The number of pyridine rings is 1. The number of Topliss-reactive ketones (excluding diaryl/α,β-unsaturated/α-hetero) is 1. The molecule has 0 spiro atoms. The second-order valence-corrected chi connectivity index (χ2v) is 3.82. The molecule has 0 unspecified atom stereocenters. The fourth-order valence-corrected chi connectivity index (χ4v) is 1.19. The van der Waals surface area contributed by atoms with E-state index in [9.17, 15) is 9.59 Å². The predicted molar refractivity (Wildman–Crippen MR) is 64.1 cm³/mol. The second-order valence-electron chi connectivity index (χ2n) is 3.82. The summed E-state index contributed by atoms with van der Waals surface area (Å²) < 4.78 is 4.99. The van der Waals surface area contributed by atoms with Crippen LogP contribution in [0, 0.1) is 0 Å². The Balaban J connectivity index is 2.98. The van der Waals surface area contributed by atoms with Gasteiger partial charge in [-0.25, -0.2) is 4.79 Å². The molecule has 0 radical (unpaired) electrons. The number of ketones is 1. The van der Waals surface area contributed by atoms with Crippen LogP contribution in [0.5, 0.6) is 0 Å². The zero-order chi connectivity index (χ0) is 12.8. The number of hydrogen-bond acceptors (Lipinski definition) is 4. The van der Waals surface area contributed by atoms with E-state index in [0.29, 0.717) is 5.69 Å². The van der Waals surface area contributed by atoms with Crippen LogP contribution in [-0.2, 0) is 14.3 Å². The molecule has 0 N–H and O–H groups in total. The van der Waals surface area contributed by atoms with Crippen molar-refractivity contribution in [1.82, 2.24) is 4.98 Å². The monoisotopic (exact) mass is 233 g/mol. The molecule has 1 rings (SSSR count). The van der Waals surface area contributed by atoms with Crippen molar-refractivity contribution in [2.45, 2.75) is 26.9 Å². The van der Waals surface area contributed by atoms with Gasteiger partial charge in [-0.15, -0.1) is 0 Å². The maximum absolute atomic E-state index is 11.7. The molecule has 0 aromatic carbocycles. The fourth-order valence-electron chi connectivity index (χ4n) is 1.19. The van der Waals surface area contributed by atoms with Gasteiger partial charge in [0.05, 0.1) is 11.8 Å². The summed E-state index contributed by atoms with van der Waals surface area (Å²) in [5.41, 5.74) is 0.566. The van der Waals surface area contributed by atoms with Gasteiger partial charge in [0, 0.05) is 6.20 Å². The summed E-state index contributed by atoms with van der Waals surface area (Å²) in [6, 6.07) is 5.26. The molecule has 0 aliphatic carbocycles. The molecule has 1 aromatic heterocycles. The fraction of sp³-hybridized carbons (Fsp3) is 0.308. The lowest BCUT2D eigenvalue weighted by Crippen LogP contribution is -2.17. The number of nitrogens with zero attached hydrogens (tertiary/aromatic N) is 1. The van der Waals surface area contributed by atoms with Crippen molar-refractivity contribution in [3.63, 3.8) is 0 Å². The molecule has 0 aliphatic heterocycles. The number of aromatic nitrogens is 1. The third-order valence-electron chi connectivity index (χ3n) is 1.92. The smallest absolute Gasteiger partial charge is 0.342 e. The zero-order valence-electron chi connectivity index (χ0n) is 10.1. The molecule has 0 saturated heterocycles. The number of rotatable bonds is 4. The van der Waals surface area contributed by atoms with E-state index in [0.717, 1.165) is 0 Å². The van der Waals surface area contributed by atoms with Gasteiger partial charge in [0.15, 0.2) is 5.78 Å². The number of hydrogen-bond donors (Lipinski definition) is 0.